The fourth-order valence-corrected chi connectivity index (χ4v) is 5.21. The van der Waals surface area contributed by atoms with Gasteiger partial charge in [0.2, 0.25) is 15.7 Å². The Morgan fingerprint density at radius 1 is 1.36 bits per heavy atom. The van der Waals surface area contributed by atoms with Gasteiger partial charge in [-0.2, -0.15) is 0 Å². The number of benzene rings is 1. The van der Waals surface area contributed by atoms with Gasteiger partial charge in [-0.25, -0.2) is 22.8 Å². The monoisotopic (exact) mass is 438 g/mol. The summed E-state index contributed by atoms with van der Waals surface area (Å²) in [5.74, 6) is -1.07. The van der Waals surface area contributed by atoms with Crippen LogP contribution in [-0.2, 0) is 14.6 Å². The third-order valence-electron chi connectivity index (χ3n) is 3.62. The van der Waals surface area contributed by atoms with Crippen LogP contribution in [0.15, 0.2) is 56.2 Å². The first-order valence-corrected chi connectivity index (χ1v) is 11.2. The Hall–Kier alpha value is -2.50. The summed E-state index contributed by atoms with van der Waals surface area (Å²) >= 11 is 2.06. The molecule has 0 unspecified atom stereocenters. The summed E-state index contributed by atoms with van der Waals surface area (Å²) in [6.07, 6.45) is 1.13. The molecule has 0 saturated heterocycles. The number of carbonyl (C=O) groups is 1. The van der Waals surface area contributed by atoms with Crippen LogP contribution in [0.3, 0.4) is 0 Å². The third kappa shape index (κ3) is 4.49. The number of halogens is 1. The average Bonchev–Trinajstić information content (AvgIpc) is 3.18. The highest BCUT2D eigenvalue weighted by molar-refractivity contribution is 7.99. The van der Waals surface area contributed by atoms with Crippen LogP contribution in [-0.4, -0.2) is 30.0 Å². The Balaban J connectivity index is 1.68. The summed E-state index contributed by atoms with van der Waals surface area (Å²) in [6, 6.07) is 7.20. The van der Waals surface area contributed by atoms with E-state index in [0.717, 1.165) is 34.9 Å². The van der Waals surface area contributed by atoms with E-state index in [1.54, 1.807) is 24.4 Å². The second-order valence-corrected chi connectivity index (χ2v) is 9.67. The molecule has 0 radical (unpaired) electrons. The molecule has 146 valence electrons. The normalized spacial score (nSPS) is 11.4. The second kappa shape index (κ2) is 8.25. The van der Waals surface area contributed by atoms with Gasteiger partial charge in [-0.05, 0) is 36.1 Å². The van der Waals surface area contributed by atoms with Crippen molar-refractivity contribution in [1.82, 2.24) is 9.97 Å². The highest BCUT2D eigenvalue weighted by atomic mass is 32.2. The number of thioether (sulfide) groups is 1. The number of sulfone groups is 1. The summed E-state index contributed by atoms with van der Waals surface area (Å²) in [4.78, 5) is 19.9. The molecule has 0 aliphatic carbocycles. The Labute approximate surface area is 169 Å². The highest BCUT2D eigenvalue weighted by Gasteiger charge is 2.23. The maximum Gasteiger partial charge on any atom is 0.234 e. The first kappa shape index (κ1) is 20.2. The summed E-state index contributed by atoms with van der Waals surface area (Å²) in [5, 5.41) is 4.42. The van der Waals surface area contributed by atoms with Crippen LogP contribution in [0.25, 0.3) is 0 Å². The van der Waals surface area contributed by atoms with E-state index >= 15 is 0 Å². The second-order valence-electron chi connectivity index (χ2n) is 5.63. The van der Waals surface area contributed by atoms with E-state index in [0.29, 0.717) is 5.69 Å². The lowest BCUT2D eigenvalue weighted by molar-refractivity contribution is -0.113. The van der Waals surface area contributed by atoms with Crippen LogP contribution >= 0.6 is 23.1 Å². The van der Waals surface area contributed by atoms with Gasteiger partial charge in [-0.3, -0.25) is 4.79 Å². The zero-order valence-electron chi connectivity index (χ0n) is 14.5. The molecule has 2 aromatic heterocycles. The minimum Gasteiger partial charge on any atom is -0.382 e. The van der Waals surface area contributed by atoms with Crippen molar-refractivity contribution < 1.29 is 17.6 Å². The molecular weight excluding hydrogens is 423 g/mol. The van der Waals surface area contributed by atoms with Gasteiger partial charge in [0.25, 0.3) is 0 Å². The number of thiophene rings is 1. The van der Waals surface area contributed by atoms with Gasteiger partial charge < -0.3 is 11.1 Å². The van der Waals surface area contributed by atoms with Crippen LogP contribution in [0.1, 0.15) is 5.56 Å². The molecule has 3 rings (SSSR count). The van der Waals surface area contributed by atoms with Crippen LogP contribution in [0, 0.1) is 12.7 Å². The Morgan fingerprint density at radius 2 is 2.14 bits per heavy atom. The molecule has 3 N–H and O–H groups in total. The molecule has 0 saturated carbocycles. The summed E-state index contributed by atoms with van der Waals surface area (Å²) in [6.45, 7) is 1.75. The summed E-state index contributed by atoms with van der Waals surface area (Å²) < 4.78 is 38.4. The topological polar surface area (TPSA) is 115 Å². The first-order chi connectivity index (χ1) is 13.3. The molecule has 0 aliphatic rings. The number of hydrogen-bond donors (Lipinski definition) is 2. The van der Waals surface area contributed by atoms with Crippen LogP contribution in [0.4, 0.5) is 15.9 Å². The maximum atomic E-state index is 13.3. The van der Waals surface area contributed by atoms with Crippen molar-refractivity contribution in [3.05, 3.63) is 53.3 Å². The van der Waals surface area contributed by atoms with E-state index in [1.165, 1.54) is 18.2 Å². The molecule has 0 aliphatic heterocycles. The van der Waals surface area contributed by atoms with E-state index < -0.39 is 15.7 Å². The molecule has 7 nitrogen and oxygen atoms in total. The van der Waals surface area contributed by atoms with Crippen molar-refractivity contribution in [2.45, 2.75) is 21.2 Å². The Kier molecular flexibility index (Phi) is 5.96. The fraction of sp³-hybridized carbons (Fsp3) is 0.118. The van der Waals surface area contributed by atoms with E-state index in [9.17, 15) is 17.6 Å². The minimum absolute atomic E-state index is 0.0492. The summed E-state index contributed by atoms with van der Waals surface area (Å²) in [5.41, 5.74) is 6.90. The lowest BCUT2D eigenvalue weighted by Crippen LogP contribution is -2.15. The number of amides is 1. The maximum absolute atomic E-state index is 13.3. The molecule has 1 amide bonds. The van der Waals surface area contributed by atoms with Gasteiger partial charge in [0.1, 0.15) is 20.7 Å². The Morgan fingerprint density at radius 3 is 2.82 bits per heavy atom. The lowest BCUT2D eigenvalue weighted by atomic mass is 10.2. The number of rotatable bonds is 6. The molecule has 0 bridgehead atoms. The fourth-order valence-electron chi connectivity index (χ4n) is 2.21. The van der Waals surface area contributed by atoms with Crippen LogP contribution in [0.5, 0.6) is 0 Å². The quantitative estimate of drug-likeness (QED) is 0.449. The number of nitrogens with one attached hydrogen (secondary N) is 1. The molecule has 0 fully saturated rings. The molecule has 3 aromatic rings. The van der Waals surface area contributed by atoms with Gasteiger partial charge in [0, 0.05) is 5.69 Å². The van der Waals surface area contributed by atoms with Gasteiger partial charge in [-0.15, -0.1) is 11.3 Å². The lowest BCUT2D eigenvalue weighted by Gasteiger charge is -2.09. The summed E-state index contributed by atoms with van der Waals surface area (Å²) in [7, 11) is -3.78. The molecule has 0 atom stereocenters. The number of nitrogens with zero attached hydrogens (tertiary/aromatic N) is 2. The third-order valence-corrected chi connectivity index (χ3v) is 7.65. The van der Waals surface area contributed by atoms with Crippen LogP contribution < -0.4 is 11.1 Å². The molecule has 0 spiro atoms. The number of hydrogen-bond acceptors (Lipinski definition) is 8. The largest absolute Gasteiger partial charge is 0.382 e. The van der Waals surface area contributed by atoms with Crippen molar-refractivity contribution >= 4 is 50.3 Å². The van der Waals surface area contributed by atoms with E-state index in [-0.39, 0.29) is 31.7 Å². The van der Waals surface area contributed by atoms with Gasteiger partial charge in [0.15, 0.2) is 5.16 Å². The SMILES string of the molecule is Cc1ccc(F)cc1NC(=O)CSc1ncc(S(=O)(=O)c2cccs2)c(N)n1. The van der Waals surface area contributed by atoms with Crippen molar-refractivity contribution in [1.29, 1.82) is 0 Å². The van der Waals surface area contributed by atoms with Crippen LogP contribution in [0.2, 0.25) is 0 Å². The number of anilines is 2. The smallest absolute Gasteiger partial charge is 0.234 e. The molecule has 2 heterocycles. The minimum atomic E-state index is -3.78. The zero-order chi connectivity index (χ0) is 20.3. The van der Waals surface area contributed by atoms with E-state index in [4.69, 9.17) is 5.73 Å². The van der Waals surface area contributed by atoms with Crippen molar-refractivity contribution in [2.24, 2.45) is 0 Å². The number of carbonyl (C=O) groups excluding carboxylic acids is 1. The Bertz CT molecular complexity index is 1120. The number of nitrogens with two attached hydrogens (primary N) is 1. The average molecular weight is 439 g/mol. The molecule has 28 heavy (non-hydrogen) atoms. The van der Waals surface area contributed by atoms with Gasteiger partial charge in [0.05, 0.1) is 11.9 Å². The number of aromatic nitrogens is 2. The molecule has 1 aromatic carbocycles. The number of aryl methyl sites for hydroxylation is 1. The van der Waals surface area contributed by atoms with Crippen molar-refractivity contribution in [3.8, 4) is 0 Å². The predicted molar refractivity (Wildman–Crippen MR) is 107 cm³/mol. The zero-order valence-corrected chi connectivity index (χ0v) is 17.0. The van der Waals surface area contributed by atoms with Crippen molar-refractivity contribution in [2.75, 3.05) is 16.8 Å². The van der Waals surface area contributed by atoms with E-state index in [2.05, 4.69) is 15.3 Å². The van der Waals surface area contributed by atoms with E-state index in [1.807, 2.05) is 0 Å². The van der Waals surface area contributed by atoms with Crippen molar-refractivity contribution in [3.63, 3.8) is 0 Å². The molecular formula is C17H15FN4O3S3. The predicted octanol–water partition coefficient (Wildman–Crippen LogP) is 3.13. The highest BCUT2D eigenvalue weighted by Crippen LogP contribution is 2.28. The molecule has 11 heteroatoms. The standard InChI is InChI=1S/C17H15FN4O3S3/c1-10-4-5-11(18)7-12(10)21-14(23)9-27-17-20-8-13(16(19)22-17)28(24,25)15-3-2-6-26-15/h2-8H,9H2,1H3,(H,21,23)(H2,19,20,22). The van der Waals surface area contributed by atoms with Gasteiger partial charge in [-0.1, -0.05) is 23.9 Å². The first-order valence-electron chi connectivity index (χ1n) is 7.87. The van der Waals surface area contributed by atoms with Gasteiger partial charge >= 0.3 is 0 Å². The number of nitrogen functional groups attached to an aromatic ring is 1.